The Bertz CT molecular complexity index is 457. The molecule has 2 rings (SSSR count). The Kier molecular flexibility index (Phi) is 4.46. The highest BCUT2D eigenvalue weighted by atomic mass is 15.3. The maximum atomic E-state index is 4.49. The number of piperidine rings is 1. The van der Waals surface area contributed by atoms with Crippen LogP contribution in [0.15, 0.2) is 12.3 Å². The molecule has 1 aliphatic rings. The Morgan fingerprint density at radius 3 is 2.84 bits per heavy atom. The molecular weight excluding hydrogens is 234 g/mol. The van der Waals surface area contributed by atoms with Crippen LogP contribution in [0.25, 0.3) is 5.57 Å². The van der Waals surface area contributed by atoms with E-state index < -0.39 is 0 Å². The van der Waals surface area contributed by atoms with E-state index in [2.05, 4.69) is 55.5 Å². The average molecular weight is 261 g/mol. The van der Waals surface area contributed by atoms with E-state index >= 15 is 0 Å². The number of rotatable bonds is 3. The fourth-order valence-electron chi connectivity index (χ4n) is 3.09. The van der Waals surface area contributed by atoms with Crippen molar-refractivity contribution >= 4 is 5.57 Å². The highest BCUT2D eigenvalue weighted by Gasteiger charge is 2.27. The maximum Gasteiger partial charge on any atom is 0.0567 e. The predicted molar refractivity (Wildman–Crippen MR) is 81.2 cm³/mol. The van der Waals surface area contributed by atoms with Crippen molar-refractivity contribution < 1.29 is 0 Å². The molecule has 0 aliphatic carbocycles. The minimum Gasteiger partial charge on any atom is -0.300 e. The molecule has 1 aliphatic heterocycles. The zero-order chi connectivity index (χ0) is 14.0. The maximum absolute atomic E-state index is 4.49. The second-order valence-electron chi connectivity index (χ2n) is 5.97. The fourth-order valence-corrected chi connectivity index (χ4v) is 3.09. The van der Waals surface area contributed by atoms with Gasteiger partial charge in [0.05, 0.1) is 6.20 Å². The summed E-state index contributed by atoms with van der Waals surface area (Å²) < 4.78 is 2.08. The van der Waals surface area contributed by atoms with Crippen LogP contribution in [0.4, 0.5) is 0 Å². The van der Waals surface area contributed by atoms with Crippen LogP contribution in [0, 0.1) is 0 Å². The van der Waals surface area contributed by atoms with Gasteiger partial charge in [0.15, 0.2) is 0 Å². The summed E-state index contributed by atoms with van der Waals surface area (Å²) in [5.74, 6) is 0.619. The van der Waals surface area contributed by atoms with Gasteiger partial charge < -0.3 is 4.90 Å². The molecule has 1 fully saturated rings. The molecule has 0 N–H and O–H groups in total. The van der Waals surface area contributed by atoms with E-state index in [0.29, 0.717) is 12.0 Å². The summed E-state index contributed by atoms with van der Waals surface area (Å²) in [7, 11) is 2.08. The summed E-state index contributed by atoms with van der Waals surface area (Å²) in [4.78, 5) is 2.59. The Morgan fingerprint density at radius 2 is 2.21 bits per heavy atom. The van der Waals surface area contributed by atoms with Crippen LogP contribution in [0.2, 0.25) is 0 Å². The van der Waals surface area contributed by atoms with Crippen LogP contribution >= 0.6 is 0 Å². The highest BCUT2D eigenvalue weighted by Crippen LogP contribution is 2.32. The van der Waals surface area contributed by atoms with Gasteiger partial charge in [0.25, 0.3) is 0 Å². The summed E-state index contributed by atoms with van der Waals surface area (Å²) in [6.07, 6.45) is 6.79. The number of likely N-dealkylation sites (tertiary alicyclic amines) is 1. The van der Waals surface area contributed by atoms with Gasteiger partial charge in [0.2, 0.25) is 0 Å². The number of nitrogens with zero attached hydrogens (tertiary/aromatic N) is 3. The molecule has 0 saturated carbocycles. The molecule has 1 saturated heterocycles. The van der Waals surface area contributed by atoms with E-state index in [9.17, 15) is 0 Å². The smallest absolute Gasteiger partial charge is 0.0567 e. The standard InChI is InChI=1S/C16H27N3/c1-6-13(4)15-10-17-18(5)16(15)14-8-7-9-19(11-14)12(2)3/h6,10,12,14H,7-9,11H2,1-5H3. The number of hydrogen-bond acceptors (Lipinski definition) is 2. The van der Waals surface area contributed by atoms with E-state index in [1.165, 1.54) is 42.8 Å². The topological polar surface area (TPSA) is 21.1 Å². The number of hydrogen-bond donors (Lipinski definition) is 0. The van der Waals surface area contributed by atoms with Crippen molar-refractivity contribution in [2.24, 2.45) is 7.05 Å². The third-order valence-electron chi connectivity index (χ3n) is 4.41. The third kappa shape index (κ3) is 2.92. The number of aryl methyl sites for hydroxylation is 1. The van der Waals surface area contributed by atoms with Crippen molar-refractivity contribution in [2.75, 3.05) is 13.1 Å². The van der Waals surface area contributed by atoms with Crippen LogP contribution in [0.5, 0.6) is 0 Å². The van der Waals surface area contributed by atoms with Crippen molar-refractivity contribution in [2.45, 2.75) is 52.5 Å². The Morgan fingerprint density at radius 1 is 1.47 bits per heavy atom. The van der Waals surface area contributed by atoms with Gasteiger partial charge >= 0.3 is 0 Å². The van der Waals surface area contributed by atoms with Crippen molar-refractivity contribution in [3.05, 3.63) is 23.5 Å². The van der Waals surface area contributed by atoms with E-state index in [4.69, 9.17) is 0 Å². The van der Waals surface area contributed by atoms with Gasteiger partial charge in [-0.2, -0.15) is 5.10 Å². The minimum atomic E-state index is 0.619. The second kappa shape index (κ2) is 5.91. The first-order valence-corrected chi connectivity index (χ1v) is 7.43. The molecule has 3 heteroatoms. The second-order valence-corrected chi connectivity index (χ2v) is 5.97. The van der Waals surface area contributed by atoms with E-state index in [0.717, 1.165) is 0 Å². The van der Waals surface area contributed by atoms with Crippen LogP contribution < -0.4 is 0 Å². The van der Waals surface area contributed by atoms with Crippen LogP contribution in [-0.4, -0.2) is 33.8 Å². The SMILES string of the molecule is CC=C(C)c1cnn(C)c1C1CCCN(C(C)C)C1. The van der Waals surface area contributed by atoms with Gasteiger partial charge in [-0.25, -0.2) is 0 Å². The Balaban J connectivity index is 2.28. The Hall–Kier alpha value is -1.09. The van der Waals surface area contributed by atoms with Gasteiger partial charge in [-0.1, -0.05) is 6.08 Å². The summed E-state index contributed by atoms with van der Waals surface area (Å²) in [5.41, 5.74) is 4.09. The molecule has 19 heavy (non-hydrogen) atoms. The molecule has 106 valence electrons. The summed E-state index contributed by atoms with van der Waals surface area (Å²) in [6, 6.07) is 0.641. The molecule has 1 aromatic heterocycles. The normalized spacial score (nSPS) is 22.2. The first-order valence-electron chi connectivity index (χ1n) is 7.43. The lowest BCUT2D eigenvalue weighted by Crippen LogP contribution is -2.39. The van der Waals surface area contributed by atoms with E-state index in [-0.39, 0.29) is 0 Å². The summed E-state index contributed by atoms with van der Waals surface area (Å²) >= 11 is 0. The van der Waals surface area contributed by atoms with Gasteiger partial charge in [0, 0.05) is 36.8 Å². The molecule has 1 aromatic rings. The third-order valence-corrected chi connectivity index (χ3v) is 4.41. The van der Waals surface area contributed by atoms with Gasteiger partial charge in [-0.15, -0.1) is 0 Å². The fraction of sp³-hybridized carbons (Fsp3) is 0.688. The van der Waals surface area contributed by atoms with Crippen LogP contribution in [0.3, 0.4) is 0 Å². The van der Waals surface area contributed by atoms with Crippen molar-refractivity contribution in [1.29, 1.82) is 0 Å². The molecule has 1 unspecified atom stereocenters. The molecular formula is C16H27N3. The lowest BCUT2D eigenvalue weighted by atomic mass is 9.90. The summed E-state index contributed by atoms with van der Waals surface area (Å²) in [5, 5.41) is 4.49. The molecule has 0 amide bonds. The highest BCUT2D eigenvalue weighted by molar-refractivity contribution is 5.65. The molecule has 0 bridgehead atoms. The predicted octanol–water partition coefficient (Wildman–Crippen LogP) is 3.43. The van der Waals surface area contributed by atoms with Crippen molar-refractivity contribution in [3.63, 3.8) is 0 Å². The average Bonchev–Trinajstić information content (AvgIpc) is 2.80. The molecule has 1 atom stereocenters. The molecule has 0 aromatic carbocycles. The minimum absolute atomic E-state index is 0.619. The zero-order valence-corrected chi connectivity index (χ0v) is 13.0. The first kappa shape index (κ1) is 14.3. The van der Waals surface area contributed by atoms with Crippen LogP contribution in [0.1, 0.15) is 57.7 Å². The summed E-state index contributed by atoms with van der Waals surface area (Å²) in [6.45, 7) is 11.3. The molecule has 0 spiro atoms. The van der Waals surface area contributed by atoms with E-state index in [1.54, 1.807) is 0 Å². The van der Waals surface area contributed by atoms with Crippen molar-refractivity contribution in [1.82, 2.24) is 14.7 Å². The van der Waals surface area contributed by atoms with Gasteiger partial charge in [-0.05, 0) is 52.7 Å². The largest absolute Gasteiger partial charge is 0.300 e. The first-order chi connectivity index (χ1) is 9.04. The van der Waals surface area contributed by atoms with Crippen LogP contribution in [-0.2, 0) is 7.05 Å². The number of aromatic nitrogens is 2. The van der Waals surface area contributed by atoms with Gasteiger partial charge in [0.1, 0.15) is 0 Å². The zero-order valence-electron chi connectivity index (χ0n) is 13.0. The van der Waals surface area contributed by atoms with Crippen molar-refractivity contribution in [3.8, 4) is 0 Å². The van der Waals surface area contributed by atoms with E-state index in [1.807, 2.05) is 6.20 Å². The monoisotopic (exact) mass is 261 g/mol. The molecule has 2 heterocycles. The molecule has 3 nitrogen and oxygen atoms in total. The number of allylic oxidation sites excluding steroid dienone is 2. The molecule has 0 radical (unpaired) electrons. The quantitative estimate of drug-likeness (QED) is 0.831. The lowest BCUT2D eigenvalue weighted by molar-refractivity contribution is 0.165. The van der Waals surface area contributed by atoms with Gasteiger partial charge in [-0.3, -0.25) is 4.68 Å². The Labute approximate surface area is 117 Å². The lowest BCUT2D eigenvalue weighted by Gasteiger charge is -2.36.